The zero-order valence-electron chi connectivity index (χ0n) is 16.6. The molecule has 1 unspecified atom stereocenters. The first-order valence-corrected chi connectivity index (χ1v) is 9.82. The van der Waals surface area contributed by atoms with Gasteiger partial charge in [0.25, 0.3) is 5.91 Å². The predicted octanol–water partition coefficient (Wildman–Crippen LogP) is 1.36. The number of nitrogens with one attached hydrogen (secondary N) is 2. The summed E-state index contributed by atoms with van der Waals surface area (Å²) in [7, 11) is 0. The Kier molecular flexibility index (Phi) is 8.58. The van der Waals surface area contributed by atoms with Crippen LogP contribution in [0.4, 0.5) is 0 Å². The van der Waals surface area contributed by atoms with Crippen LogP contribution in [-0.2, 0) is 9.53 Å². The lowest BCUT2D eigenvalue weighted by Crippen LogP contribution is -2.48. The number of benzene rings is 1. The standard InChI is InChI=1S/C20H30N4O4/c1-3-21-20(24-13-7-8-15(14-24)19(27)28-4-2)23-12-11-22-18(26)16-9-5-6-10-17(16)25/h5-6,9-10,15,25H,3-4,7-8,11-14H2,1-2H3,(H,21,23)(H,22,26). The number of carbonyl (C=O) groups is 2. The average Bonchev–Trinajstić information content (AvgIpc) is 2.70. The monoisotopic (exact) mass is 390 g/mol. The van der Waals surface area contributed by atoms with Gasteiger partial charge in [0.2, 0.25) is 0 Å². The van der Waals surface area contributed by atoms with E-state index in [9.17, 15) is 14.7 Å². The van der Waals surface area contributed by atoms with Gasteiger partial charge in [0.15, 0.2) is 5.96 Å². The van der Waals surface area contributed by atoms with E-state index in [0.29, 0.717) is 32.8 Å². The van der Waals surface area contributed by atoms with E-state index in [1.165, 1.54) is 6.07 Å². The molecule has 0 saturated carbocycles. The molecule has 154 valence electrons. The Hall–Kier alpha value is -2.77. The van der Waals surface area contributed by atoms with Crippen molar-refractivity contribution in [2.45, 2.75) is 26.7 Å². The molecule has 28 heavy (non-hydrogen) atoms. The molecule has 1 saturated heterocycles. The number of guanidine groups is 1. The third-order valence-electron chi connectivity index (χ3n) is 4.48. The highest BCUT2D eigenvalue weighted by molar-refractivity contribution is 5.96. The minimum absolute atomic E-state index is 0.0461. The van der Waals surface area contributed by atoms with Crippen LogP contribution < -0.4 is 10.6 Å². The summed E-state index contributed by atoms with van der Waals surface area (Å²) in [5, 5.41) is 15.7. The molecule has 1 aliphatic rings. The Bertz CT molecular complexity index is 693. The predicted molar refractivity (Wildman–Crippen MR) is 107 cm³/mol. The van der Waals surface area contributed by atoms with Gasteiger partial charge in [-0.05, 0) is 38.8 Å². The molecule has 8 nitrogen and oxygen atoms in total. The molecule has 0 aromatic heterocycles. The third kappa shape index (κ3) is 6.14. The average molecular weight is 390 g/mol. The van der Waals surface area contributed by atoms with E-state index < -0.39 is 0 Å². The zero-order chi connectivity index (χ0) is 20.4. The molecule has 1 atom stereocenters. The smallest absolute Gasteiger partial charge is 0.310 e. The minimum Gasteiger partial charge on any atom is -0.507 e. The highest BCUT2D eigenvalue weighted by Gasteiger charge is 2.28. The van der Waals surface area contributed by atoms with Gasteiger partial charge in [-0.1, -0.05) is 12.1 Å². The summed E-state index contributed by atoms with van der Waals surface area (Å²) in [4.78, 5) is 30.8. The number of amides is 1. The van der Waals surface area contributed by atoms with E-state index in [-0.39, 0.29) is 29.1 Å². The second-order valence-corrected chi connectivity index (χ2v) is 6.55. The van der Waals surface area contributed by atoms with Crippen LogP contribution in [0.5, 0.6) is 5.75 Å². The van der Waals surface area contributed by atoms with Crippen LogP contribution in [0.1, 0.15) is 37.0 Å². The highest BCUT2D eigenvalue weighted by atomic mass is 16.5. The first kappa shape index (κ1) is 21.5. The van der Waals surface area contributed by atoms with Crippen LogP contribution in [0.25, 0.3) is 0 Å². The molecular weight excluding hydrogens is 360 g/mol. The number of phenolic OH excluding ortho intramolecular Hbond substituents is 1. The van der Waals surface area contributed by atoms with Crippen LogP contribution in [0.15, 0.2) is 29.3 Å². The number of likely N-dealkylation sites (tertiary alicyclic amines) is 1. The molecular formula is C20H30N4O4. The fourth-order valence-corrected chi connectivity index (χ4v) is 3.14. The van der Waals surface area contributed by atoms with Crippen molar-refractivity contribution in [2.24, 2.45) is 10.9 Å². The van der Waals surface area contributed by atoms with Gasteiger partial charge in [-0.3, -0.25) is 14.6 Å². The third-order valence-corrected chi connectivity index (χ3v) is 4.48. The van der Waals surface area contributed by atoms with Gasteiger partial charge in [-0.2, -0.15) is 0 Å². The van der Waals surface area contributed by atoms with Crippen molar-refractivity contribution in [1.29, 1.82) is 0 Å². The summed E-state index contributed by atoms with van der Waals surface area (Å²) >= 11 is 0. The topological polar surface area (TPSA) is 103 Å². The largest absolute Gasteiger partial charge is 0.507 e. The van der Waals surface area contributed by atoms with E-state index in [4.69, 9.17) is 4.74 Å². The van der Waals surface area contributed by atoms with E-state index in [0.717, 1.165) is 25.3 Å². The number of hydrogen-bond acceptors (Lipinski definition) is 5. The zero-order valence-corrected chi connectivity index (χ0v) is 16.6. The Morgan fingerprint density at radius 2 is 2.07 bits per heavy atom. The van der Waals surface area contributed by atoms with Gasteiger partial charge in [0, 0.05) is 26.2 Å². The highest BCUT2D eigenvalue weighted by Crippen LogP contribution is 2.18. The summed E-state index contributed by atoms with van der Waals surface area (Å²) in [6.07, 6.45) is 1.73. The van der Waals surface area contributed by atoms with Crippen molar-refractivity contribution in [1.82, 2.24) is 15.5 Å². The molecule has 1 fully saturated rings. The number of rotatable bonds is 7. The number of ether oxygens (including phenoxy) is 1. The Labute approximate surface area is 166 Å². The van der Waals surface area contributed by atoms with Gasteiger partial charge in [0.05, 0.1) is 24.6 Å². The van der Waals surface area contributed by atoms with Crippen LogP contribution >= 0.6 is 0 Å². The molecule has 0 radical (unpaired) electrons. The molecule has 1 heterocycles. The normalized spacial score (nSPS) is 17.1. The Morgan fingerprint density at radius 3 is 2.79 bits per heavy atom. The number of hydrogen-bond donors (Lipinski definition) is 3. The molecule has 1 amide bonds. The van der Waals surface area contributed by atoms with Crippen molar-refractivity contribution >= 4 is 17.8 Å². The molecule has 2 rings (SSSR count). The number of aromatic hydroxyl groups is 1. The molecule has 8 heteroatoms. The second kappa shape index (κ2) is 11.2. The quantitative estimate of drug-likeness (QED) is 0.281. The number of phenols is 1. The van der Waals surface area contributed by atoms with E-state index >= 15 is 0 Å². The Morgan fingerprint density at radius 1 is 1.29 bits per heavy atom. The van der Waals surface area contributed by atoms with Crippen LogP contribution in [0.3, 0.4) is 0 Å². The van der Waals surface area contributed by atoms with Crippen molar-refractivity contribution in [3.05, 3.63) is 29.8 Å². The fourth-order valence-electron chi connectivity index (χ4n) is 3.14. The SMILES string of the molecule is CCNC(=NCCNC(=O)c1ccccc1O)N1CCCC(C(=O)OCC)C1. The van der Waals surface area contributed by atoms with Gasteiger partial charge in [-0.15, -0.1) is 0 Å². The number of carbonyl (C=O) groups excluding carboxylic acids is 2. The summed E-state index contributed by atoms with van der Waals surface area (Å²) in [5.74, 6) is 0.0541. The molecule has 0 spiro atoms. The number of para-hydroxylation sites is 1. The van der Waals surface area contributed by atoms with Crippen molar-refractivity contribution in [2.75, 3.05) is 39.3 Å². The van der Waals surface area contributed by atoms with Crippen LogP contribution in [0.2, 0.25) is 0 Å². The van der Waals surface area contributed by atoms with E-state index in [1.807, 2.05) is 13.8 Å². The number of nitrogens with zero attached hydrogens (tertiary/aromatic N) is 2. The maximum Gasteiger partial charge on any atom is 0.310 e. The number of piperidine rings is 1. The van der Waals surface area contributed by atoms with E-state index in [2.05, 4.69) is 20.5 Å². The van der Waals surface area contributed by atoms with E-state index in [1.54, 1.807) is 18.2 Å². The first-order valence-electron chi connectivity index (χ1n) is 9.82. The van der Waals surface area contributed by atoms with Gasteiger partial charge in [-0.25, -0.2) is 0 Å². The second-order valence-electron chi connectivity index (χ2n) is 6.55. The van der Waals surface area contributed by atoms with Crippen LogP contribution in [0, 0.1) is 5.92 Å². The first-order chi connectivity index (χ1) is 13.6. The maximum atomic E-state index is 12.1. The van der Waals surface area contributed by atoms with Crippen molar-refractivity contribution in [3.63, 3.8) is 0 Å². The molecule has 1 aromatic carbocycles. The molecule has 0 aliphatic carbocycles. The van der Waals surface area contributed by atoms with Crippen LogP contribution in [-0.4, -0.2) is 67.2 Å². The van der Waals surface area contributed by atoms with Crippen molar-refractivity contribution < 1.29 is 19.4 Å². The summed E-state index contributed by atoms with van der Waals surface area (Å²) in [5.41, 5.74) is 0.242. The molecule has 0 bridgehead atoms. The lowest BCUT2D eigenvalue weighted by molar-refractivity contribution is -0.149. The lowest BCUT2D eigenvalue weighted by atomic mass is 9.98. The van der Waals surface area contributed by atoms with Gasteiger partial charge >= 0.3 is 5.97 Å². The summed E-state index contributed by atoms with van der Waals surface area (Å²) in [6, 6.07) is 6.42. The fraction of sp³-hybridized carbons (Fsp3) is 0.550. The maximum absolute atomic E-state index is 12.1. The molecule has 1 aliphatic heterocycles. The molecule has 1 aromatic rings. The Balaban J connectivity index is 1.90. The lowest BCUT2D eigenvalue weighted by Gasteiger charge is -2.34. The van der Waals surface area contributed by atoms with Gasteiger partial charge < -0.3 is 25.4 Å². The van der Waals surface area contributed by atoms with Crippen molar-refractivity contribution in [3.8, 4) is 5.75 Å². The minimum atomic E-state index is -0.335. The number of esters is 1. The number of aliphatic imine (C=N–C) groups is 1. The molecule has 3 N–H and O–H groups in total. The summed E-state index contributed by atoms with van der Waals surface area (Å²) < 4.78 is 5.15. The van der Waals surface area contributed by atoms with Gasteiger partial charge in [0.1, 0.15) is 5.75 Å². The summed E-state index contributed by atoms with van der Waals surface area (Å²) in [6.45, 7) is 7.04.